The lowest BCUT2D eigenvalue weighted by Crippen LogP contribution is -2.02. The molecule has 0 bridgehead atoms. The maximum atomic E-state index is 10.6. The molecule has 0 aromatic carbocycles. The minimum absolute atomic E-state index is 0.0331. The molecule has 1 aromatic rings. The van der Waals surface area contributed by atoms with Gasteiger partial charge >= 0.3 is 0 Å². The Morgan fingerprint density at radius 2 is 2.09 bits per heavy atom. The molecule has 0 atom stereocenters. The third-order valence-corrected chi connectivity index (χ3v) is 1.30. The Kier molecular flexibility index (Phi) is 2.51. The largest absolute Gasteiger partial charge is 0.343 e. The lowest BCUT2D eigenvalue weighted by atomic mass is 10.4. The molecule has 11 heavy (non-hydrogen) atoms. The Bertz CT molecular complexity index is 320. The molecule has 0 fully saturated rings. The molecule has 0 saturated carbocycles. The second-order valence-corrected chi connectivity index (χ2v) is 2.13. The summed E-state index contributed by atoms with van der Waals surface area (Å²) in [5.74, 6) is 5.68. The van der Waals surface area contributed by atoms with Crippen LogP contribution >= 0.6 is 0 Å². The fraction of sp³-hybridized carbons (Fsp3) is 0.222. The molecule has 0 unspecified atom stereocenters. The van der Waals surface area contributed by atoms with Crippen LogP contribution in [0.25, 0.3) is 0 Å². The van der Waals surface area contributed by atoms with Crippen LogP contribution in [0.2, 0.25) is 0 Å². The highest BCUT2D eigenvalue weighted by Crippen LogP contribution is 1.81. The fourth-order valence-electron chi connectivity index (χ4n) is 0.719. The first-order chi connectivity index (χ1) is 5.33. The van der Waals surface area contributed by atoms with Gasteiger partial charge in [0.1, 0.15) is 0 Å². The molecule has 2 heteroatoms. The van der Waals surface area contributed by atoms with E-state index in [1.807, 2.05) is 4.57 Å². The van der Waals surface area contributed by atoms with E-state index >= 15 is 0 Å². The summed E-state index contributed by atoms with van der Waals surface area (Å²) in [5.41, 5.74) is 0.0331. The summed E-state index contributed by atoms with van der Waals surface area (Å²) in [6.45, 7) is 2.44. The van der Waals surface area contributed by atoms with Crippen LogP contribution in [-0.2, 0) is 6.54 Å². The number of rotatable bonds is 1. The van der Waals surface area contributed by atoms with Crippen molar-refractivity contribution in [3.63, 3.8) is 0 Å². The summed E-state index contributed by atoms with van der Waals surface area (Å²) >= 11 is 0. The molecule has 0 spiro atoms. The molecular weight excluding hydrogens is 138 g/mol. The number of hydrogen-bond donors (Lipinski definition) is 0. The normalized spacial score (nSPS) is 8.45. The number of nitrogens with zero attached hydrogens (tertiary/aromatic N) is 1. The lowest BCUT2D eigenvalue weighted by Gasteiger charge is -1.96. The van der Waals surface area contributed by atoms with Crippen LogP contribution in [0.3, 0.4) is 0 Å². The van der Waals surface area contributed by atoms with Crippen molar-refractivity contribution < 1.29 is 0 Å². The highest BCUT2D eigenvalue weighted by atomic mass is 16.1. The van der Waals surface area contributed by atoms with Gasteiger partial charge in [-0.05, 0) is 6.92 Å². The minimum atomic E-state index is 0.0331. The molecule has 0 amide bonds. The highest BCUT2D eigenvalue weighted by Gasteiger charge is 1.83. The minimum Gasteiger partial charge on any atom is -0.343 e. The summed E-state index contributed by atoms with van der Waals surface area (Å²) < 4.78 is 1.86. The van der Waals surface area contributed by atoms with Crippen LogP contribution in [-0.4, -0.2) is 4.57 Å². The smallest absolute Gasteiger partial charge is 0.181 e. The van der Waals surface area contributed by atoms with E-state index < -0.39 is 0 Å². The number of pyridine rings is 1. The SMILES string of the molecule is CC#CCn1ccc(=O)cc1. The quantitative estimate of drug-likeness (QED) is 0.540. The lowest BCUT2D eigenvalue weighted by molar-refractivity contribution is 0.829. The Balaban J connectivity index is 2.79. The molecule has 0 aliphatic rings. The van der Waals surface area contributed by atoms with Crippen molar-refractivity contribution >= 4 is 0 Å². The molecule has 2 nitrogen and oxygen atoms in total. The highest BCUT2D eigenvalue weighted by molar-refractivity contribution is 4.99. The predicted molar refractivity (Wildman–Crippen MR) is 44.2 cm³/mol. The maximum absolute atomic E-state index is 10.6. The van der Waals surface area contributed by atoms with Gasteiger partial charge in [-0.1, -0.05) is 5.92 Å². The standard InChI is InChI=1S/C9H9NO/c1-2-3-6-10-7-4-9(11)5-8-10/h4-5,7-8H,6H2,1H3. The zero-order chi connectivity index (χ0) is 8.10. The van der Waals surface area contributed by atoms with Gasteiger partial charge in [-0.2, -0.15) is 0 Å². The molecule has 56 valence electrons. The summed E-state index contributed by atoms with van der Waals surface area (Å²) in [5, 5.41) is 0. The van der Waals surface area contributed by atoms with Crippen molar-refractivity contribution in [1.82, 2.24) is 4.57 Å². The van der Waals surface area contributed by atoms with Gasteiger partial charge in [0, 0.05) is 24.5 Å². The van der Waals surface area contributed by atoms with Gasteiger partial charge in [0.25, 0.3) is 0 Å². The fourth-order valence-corrected chi connectivity index (χ4v) is 0.719. The molecular formula is C9H9NO. The van der Waals surface area contributed by atoms with E-state index in [-0.39, 0.29) is 5.43 Å². The van der Waals surface area contributed by atoms with E-state index in [2.05, 4.69) is 11.8 Å². The van der Waals surface area contributed by atoms with Crippen LogP contribution in [0.15, 0.2) is 29.3 Å². The van der Waals surface area contributed by atoms with Crippen molar-refractivity contribution in [1.29, 1.82) is 0 Å². The van der Waals surface area contributed by atoms with E-state index in [0.717, 1.165) is 0 Å². The van der Waals surface area contributed by atoms with Crippen LogP contribution in [0.4, 0.5) is 0 Å². The van der Waals surface area contributed by atoms with Crippen molar-refractivity contribution in [2.24, 2.45) is 0 Å². The van der Waals surface area contributed by atoms with Crippen LogP contribution in [0.5, 0.6) is 0 Å². The third kappa shape index (κ3) is 2.30. The summed E-state index contributed by atoms with van der Waals surface area (Å²) in [4.78, 5) is 10.6. The molecule has 1 heterocycles. The van der Waals surface area contributed by atoms with Crippen molar-refractivity contribution in [2.75, 3.05) is 0 Å². The van der Waals surface area contributed by atoms with Crippen molar-refractivity contribution in [3.8, 4) is 11.8 Å². The van der Waals surface area contributed by atoms with Crippen LogP contribution in [0.1, 0.15) is 6.92 Å². The average Bonchev–Trinajstić information content (AvgIpc) is 2.04. The van der Waals surface area contributed by atoms with Gasteiger partial charge in [0.2, 0.25) is 0 Å². The third-order valence-electron chi connectivity index (χ3n) is 1.30. The molecule has 0 aliphatic heterocycles. The van der Waals surface area contributed by atoms with E-state index in [0.29, 0.717) is 6.54 Å². The second-order valence-electron chi connectivity index (χ2n) is 2.13. The molecule has 0 radical (unpaired) electrons. The second kappa shape index (κ2) is 3.62. The van der Waals surface area contributed by atoms with E-state index in [4.69, 9.17) is 0 Å². The zero-order valence-corrected chi connectivity index (χ0v) is 6.37. The molecule has 0 N–H and O–H groups in total. The van der Waals surface area contributed by atoms with Gasteiger partial charge in [0.05, 0.1) is 6.54 Å². The van der Waals surface area contributed by atoms with Crippen molar-refractivity contribution in [2.45, 2.75) is 13.5 Å². The van der Waals surface area contributed by atoms with Gasteiger partial charge in [-0.3, -0.25) is 4.79 Å². The van der Waals surface area contributed by atoms with Gasteiger partial charge in [0.15, 0.2) is 5.43 Å². The van der Waals surface area contributed by atoms with E-state index in [1.165, 1.54) is 12.1 Å². The Morgan fingerprint density at radius 1 is 1.45 bits per heavy atom. The predicted octanol–water partition coefficient (Wildman–Crippen LogP) is 0.872. The average molecular weight is 147 g/mol. The number of aromatic nitrogens is 1. The van der Waals surface area contributed by atoms with Crippen molar-refractivity contribution in [3.05, 3.63) is 34.7 Å². The molecule has 0 aliphatic carbocycles. The first kappa shape index (κ1) is 7.62. The summed E-state index contributed by atoms with van der Waals surface area (Å²) in [7, 11) is 0. The molecule has 1 aromatic heterocycles. The zero-order valence-electron chi connectivity index (χ0n) is 6.37. The van der Waals surface area contributed by atoms with E-state index in [1.54, 1.807) is 19.3 Å². The monoisotopic (exact) mass is 147 g/mol. The van der Waals surface area contributed by atoms with Crippen LogP contribution in [0, 0.1) is 11.8 Å². The molecule has 0 saturated heterocycles. The first-order valence-electron chi connectivity index (χ1n) is 3.38. The van der Waals surface area contributed by atoms with E-state index in [9.17, 15) is 4.79 Å². The Labute approximate surface area is 65.5 Å². The Hall–Kier alpha value is -1.49. The van der Waals surface area contributed by atoms with Crippen LogP contribution < -0.4 is 5.43 Å². The summed E-state index contributed by atoms with van der Waals surface area (Å²) in [6.07, 6.45) is 3.46. The van der Waals surface area contributed by atoms with Gasteiger partial charge < -0.3 is 4.57 Å². The molecule has 1 rings (SSSR count). The van der Waals surface area contributed by atoms with Gasteiger partial charge in [-0.15, -0.1) is 5.92 Å². The van der Waals surface area contributed by atoms with Gasteiger partial charge in [-0.25, -0.2) is 0 Å². The maximum Gasteiger partial charge on any atom is 0.181 e. The number of hydrogen-bond acceptors (Lipinski definition) is 1. The summed E-state index contributed by atoms with van der Waals surface area (Å²) in [6, 6.07) is 3.05. The first-order valence-corrected chi connectivity index (χ1v) is 3.38. The Morgan fingerprint density at radius 3 is 2.64 bits per heavy atom. The topological polar surface area (TPSA) is 22.0 Å².